The number of carbonyl (C=O) groups is 2. The Morgan fingerprint density at radius 1 is 1.15 bits per heavy atom. The van der Waals surface area contributed by atoms with E-state index in [1.54, 1.807) is 0 Å². The molecule has 0 radical (unpaired) electrons. The first-order chi connectivity index (χ1) is 12.2. The van der Waals surface area contributed by atoms with Crippen molar-refractivity contribution in [1.82, 2.24) is 5.32 Å². The Morgan fingerprint density at radius 2 is 1.73 bits per heavy atom. The largest absolute Gasteiger partial charge is 0.481 e. The lowest BCUT2D eigenvalue weighted by atomic mass is 9.85. The Bertz CT molecular complexity index is 620. The molecule has 7 heteroatoms. The number of aliphatic carboxylic acids is 1. The van der Waals surface area contributed by atoms with Crippen LogP contribution in [0.2, 0.25) is 0 Å². The first-order valence-corrected chi connectivity index (χ1v) is 8.90. The molecule has 1 saturated carbocycles. The van der Waals surface area contributed by atoms with E-state index < -0.39 is 17.7 Å². The second-order valence-electron chi connectivity index (χ2n) is 6.90. The zero-order valence-electron chi connectivity index (χ0n) is 14.7. The van der Waals surface area contributed by atoms with Crippen molar-refractivity contribution in [2.45, 2.75) is 57.7 Å². The van der Waals surface area contributed by atoms with Crippen LogP contribution in [0.5, 0.6) is 0 Å². The third-order valence-corrected chi connectivity index (χ3v) is 5.05. The van der Waals surface area contributed by atoms with Crippen molar-refractivity contribution in [2.24, 2.45) is 11.8 Å². The number of benzene rings is 1. The lowest BCUT2D eigenvalue weighted by Gasteiger charge is -2.28. The number of carboxylic acid groups (broad SMARTS) is 1. The monoisotopic (exact) mass is 371 g/mol. The molecule has 1 fully saturated rings. The van der Waals surface area contributed by atoms with E-state index in [1.165, 1.54) is 12.1 Å². The smallest absolute Gasteiger partial charge is 0.416 e. The zero-order valence-corrected chi connectivity index (χ0v) is 14.7. The van der Waals surface area contributed by atoms with Crippen LogP contribution in [0, 0.1) is 11.8 Å². The minimum Gasteiger partial charge on any atom is -0.481 e. The van der Waals surface area contributed by atoms with Crippen LogP contribution < -0.4 is 5.32 Å². The quantitative estimate of drug-likeness (QED) is 0.793. The third kappa shape index (κ3) is 5.47. The van der Waals surface area contributed by atoms with Gasteiger partial charge in [-0.1, -0.05) is 19.1 Å². The number of halogens is 3. The van der Waals surface area contributed by atoms with E-state index in [9.17, 15) is 22.8 Å². The molecule has 1 unspecified atom stereocenters. The number of rotatable bonds is 6. The highest BCUT2D eigenvalue weighted by molar-refractivity contribution is 5.79. The molecule has 0 saturated heterocycles. The van der Waals surface area contributed by atoms with E-state index >= 15 is 0 Å². The van der Waals surface area contributed by atoms with Gasteiger partial charge in [0.05, 0.1) is 11.5 Å². The normalized spacial score (nSPS) is 21.8. The number of hydrogen-bond acceptors (Lipinski definition) is 2. The molecule has 1 aromatic rings. The minimum absolute atomic E-state index is 0.0280. The van der Waals surface area contributed by atoms with Gasteiger partial charge >= 0.3 is 12.1 Å². The highest BCUT2D eigenvalue weighted by Gasteiger charge is 2.30. The third-order valence-electron chi connectivity index (χ3n) is 5.05. The van der Waals surface area contributed by atoms with Crippen LogP contribution in [0.15, 0.2) is 24.3 Å². The van der Waals surface area contributed by atoms with Gasteiger partial charge in [0.15, 0.2) is 0 Å². The van der Waals surface area contributed by atoms with Gasteiger partial charge in [0, 0.05) is 12.0 Å². The number of hydrogen-bond donors (Lipinski definition) is 2. The molecule has 0 aromatic heterocycles. The molecule has 1 atom stereocenters. The van der Waals surface area contributed by atoms with Crippen LogP contribution in [0.25, 0.3) is 0 Å². The van der Waals surface area contributed by atoms with Gasteiger partial charge < -0.3 is 10.4 Å². The molecule has 0 aliphatic heterocycles. The maximum atomic E-state index is 12.6. The number of nitrogens with one attached hydrogen (secondary N) is 1. The summed E-state index contributed by atoms with van der Waals surface area (Å²) in [5.74, 6) is -1.56. The van der Waals surface area contributed by atoms with Crippen molar-refractivity contribution >= 4 is 11.9 Å². The Labute approximate surface area is 150 Å². The van der Waals surface area contributed by atoms with Crippen LogP contribution in [-0.4, -0.2) is 23.0 Å². The predicted molar refractivity (Wildman–Crippen MR) is 90.5 cm³/mol. The SMILES string of the molecule is CCC(Cc1ccc(C(F)(F)F)cc1)C(=O)NC1CCC(C(=O)O)CC1. The lowest BCUT2D eigenvalue weighted by molar-refractivity contribution is -0.143. The number of amides is 1. The van der Waals surface area contributed by atoms with Crippen molar-refractivity contribution < 1.29 is 27.9 Å². The predicted octanol–water partition coefficient (Wildman–Crippen LogP) is 4.03. The first-order valence-electron chi connectivity index (χ1n) is 8.90. The summed E-state index contributed by atoms with van der Waals surface area (Å²) in [4.78, 5) is 23.5. The fraction of sp³-hybridized carbons (Fsp3) is 0.579. The lowest BCUT2D eigenvalue weighted by Crippen LogP contribution is -2.42. The van der Waals surface area contributed by atoms with Gasteiger partial charge in [0.25, 0.3) is 0 Å². The maximum absolute atomic E-state index is 12.6. The van der Waals surface area contributed by atoms with Crippen LogP contribution in [-0.2, 0) is 22.2 Å². The van der Waals surface area contributed by atoms with Crippen molar-refractivity contribution in [3.63, 3.8) is 0 Å². The average Bonchev–Trinajstić information content (AvgIpc) is 2.59. The Morgan fingerprint density at radius 3 is 2.19 bits per heavy atom. The van der Waals surface area contributed by atoms with E-state index in [1.807, 2.05) is 6.92 Å². The second-order valence-corrected chi connectivity index (χ2v) is 6.90. The molecular formula is C19H24F3NO3. The van der Waals surface area contributed by atoms with Crippen molar-refractivity contribution in [3.05, 3.63) is 35.4 Å². The van der Waals surface area contributed by atoms with Gasteiger partial charge in [0.1, 0.15) is 0 Å². The summed E-state index contributed by atoms with van der Waals surface area (Å²) < 4.78 is 37.8. The van der Waals surface area contributed by atoms with Crippen molar-refractivity contribution in [2.75, 3.05) is 0 Å². The number of alkyl halides is 3. The molecule has 1 amide bonds. The first kappa shape index (κ1) is 20.3. The summed E-state index contributed by atoms with van der Waals surface area (Å²) in [5, 5.41) is 12.0. The molecule has 1 aliphatic rings. The summed E-state index contributed by atoms with van der Waals surface area (Å²) in [5.41, 5.74) is -0.0106. The van der Waals surface area contributed by atoms with Crippen LogP contribution in [0.1, 0.15) is 50.2 Å². The van der Waals surface area contributed by atoms with E-state index in [4.69, 9.17) is 5.11 Å². The van der Waals surface area contributed by atoms with Crippen molar-refractivity contribution in [3.8, 4) is 0 Å². The Balaban J connectivity index is 1.89. The molecule has 1 aromatic carbocycles. The van der Waals surface area contributed by atoms with Crippen LogP contribution in [0.3, 0.4) is 0 Å². The second kappa shape index (κ2) is 8.56. The molecule has 1 aliphatic carbocycles. The Kier molecular flexibility index (Phi) is 6.67. The van der Waals surface area contributed by atoms with Crippen LogP contribution >= 0.6 is 0 Å². The summed E-state index contributed by atoms with van der Waals surface area (Å²) in [6.07, 6.45) is -1.03. The molecule has 0 heterocycles. The van der Waals surface area contributed by atoms with Gasteiger partial charge in [-0.05, 0) is 56.2 Å². The average molecular weight is 371 g/mol. The molecular weight excluding hydrogens is 347 g/mol. The molecule has 0 spiro atoms. The standard InChI is InChI=1S/C19H24F3NO3/c1-2-13(11-12-3-7-15(8-4-12)19(20,21)22)17(24)23-16-9-5-14(6-10-16)18(25)26/h3-4,7-8,13-14,16H,2,5-6,9-11H2,1H3,(H,23,24)(H,25,26). The molecule has 2 rings (SSSR count). The van der Waals surface area contributed by atoms with E-state index in [-0.39, 0.29) is 23.8 Å². The summed E-state index contributed by atoms with van der Waals surface area (Å²) in [6, 6.07) is 4.87. The molecule has 26 heavy (non-hydrogen) atoms. The fourth-order valence-corrected chi connectivity index (χ4v) is 3.34. The van der Waals surface area contributed by atoms with Gasteiger partial charge in [0.2, 0.25) is 5.91 Å². The van der Waals surface area contributed by atoms with Gasteiger partial charge in [-0.3, -0.25) is 9.59 Å². The topological polar surface area (TPSA) is 66.4 Å². The summed E-state index contributed by atoms with van der Waals surface area (Å²) >= 11 is 0. The zero-order chi connectivity index (χ0) is 19.3. The van der Waals surface area contributed by atoms with Crippen LogP contribution in [0.4, 0.5) is 13.2 Å². The Hall–Kier alpha value is -2.05. The fourth-order valence-electron chi connectivity index (χ4n) is 3.34. The van der Waals surface area contributed by atoms with Crippen molar-refractivity contribution in [1.29, 1.82) is 0 Å². The molecule has 144 valence electrons. The van der Waals surface area contributed by atoms with E-state index in [0.29, 0.717) is 44.1 Å². The number of carboxylic acids is 1. The van der Waals surface area contributed by atoms with E-state index in [0.717, 1.165) is 12.1 Å². The highest BCUT2D eigenvalue weighted by atomic mass is 19.4. The minimum atomic E-state index is -4.37. The van der Waals surface area contributed by atoms with Gasteiger partial charge in [-0.25, -0.2) is 0 Å². The van der Waals surface area contributed by atoms with E-state index in [2.05, 4.69) is 5.32 Å². The van der Waals surface area contributed by atoms with Gasteiger partial charge in [-0.2, -0.15) is 13.2 Å². The molecule has 2 N–H and O–H groups in total. The maximum Gasteiger partial charge on any atom is 0.416 e. The molecule has 4 nitrogen and oxygen atoms in total. The molecule has 0 bridgehead atoms. The number of carbonyl (C=O) groups excluding carboxylic acids is 1. The highest BCUT2D eigenvalue weighted by Crippen LogP contribution is 2.29. The summed E-state index contributed by atoms with van der Waals surface area (Å²) in [7, 11) is 0. The summed E-state index contributed by atoms with van der Waals surface area (Å²) in [6.45, 7) is 1.87. The van der Waals surface area contributed by atoms with Gasteiger partial charge in [-0.15, -0.1) is 0 Å².